The van der Waals surface area contributed by atoms with E-state index < -0.39 is 11.5 Å². The summed E-state index contributed by atoms with van der Waals surface area (Å²) >= 11 is 0. The Morgan fingerprint density at radius 2 is 2.04 bits per heavy atom. The molecule has 1 N–H and O–H groups in total. The van der Waals surface area contributed by atoms with Gasteiger partial charge in [-0.15, -0.1) is 0 Å². The number of aromatic amines is 1. The highest BCUT2D eigenvalue weighted by Gasteiger charge is 2.10. The number of ether oxygens (including phenoxy) is 1. The first-order valence-electron chi connectivity index (χ1n) is 8.00. The van der Waals surface area contributed by atoms with Crippen molar-refractivity contribution in [3.05, 3.63) is 82.4 Å². The Labute approximate surface area is 140 Å². The lowest BCUT2D eigenvalue weighted by Gasteiger charge is -2.09. The van der Waals surface area contributed by atoms with Crippen molar-refractivity contribution in [2.24, 2.45) is 0 Å². The summed E-state index contributed by atoms with van der Waals surface area (Å²) in [5, 5.41) is 0.320. The lowest BCUT2D eigenvalue weighted by Crippen LogP contribution is -2.07. The quantitative estimate of drug-likeness (QED) is 0.592. The maximum Gasteiger partial charge on any atom is 0.331 e. The van der Waals surface area contributed by atoms with Crippen LogP contribution in [0.15, 0.2) is 65.7 Å². The van der Waals surface area contributed by atoms with E-state index >= 15 is 0 Å². The van der Waals surface area contributed by atoms with E-state index in [0.29, 0.717) is 27.0 Å². The number of carbonyl (C=O) groups is 1. The predicted octanol–water partition coefficient (Wildman–Crippen LogP) is 2.92. The number of esters is 1. The van der Waals surface area contributed by atoms with Gasteiger partial charge in [0, 0.05) is 6.08 Å². The molecule has 0 atom stereocenters. The second kappa shape index (κ2) is 6.91. The number of fused-ring (bicyclic) bond motifs is 1. The number of nitrogens with zero attached hydrogens (tertiary/aromatic N) is 1. The van der Waals surface area contributed by atoms with Gasteiger partial charge in [0.2, 0.25) is 0 Å². The molecule has 0 bridgehead atoms. The van der Waals surface area contributed by atoms with Gasteiger partial charge in [-0.3, -0.25) is 4.79 Å². The number of aromatic nitrogens is 2. The van der Waals surface area contributed by atoms with Gasteiger partial charge in [-0.1, -0.05) is 36.4 Å². The van der Waals surface area contributed by atoms with Crippen molar-refractivity contribution in [1.29, 1.82) is 0 Å². The molecule has 3 rings (SSSR count). The lowest BCUT2D eigenvalue weighted by atomic mass is 9.96. The third-order valence-electron chi connectivity index (χ3n) is 3.54. The molecule has 0 saturated carbocycles. The van der Waals surface area contributed by atoms with E-state index in [1.165, 1.54) is 6.08 Å². The minimum Gasteiger partial charge on any atom is -0.463 e. The first kappa shape index (κ1) is 14.4. The molecule has 0 unspecified atom stereocenters. The van der Waals surface area contributed by atoms with E-state index in [0.717, 1.165) is 11.9 Å². The fourth-order valence-electron chi connectivity index (χ4n) is 2.45. The Morgan fingerprint density at radius 1 is 1.25 bits per heavy atom. The van der Waals surface area contributed by atoms with Crippen LogP contribution in [0.25, 0.3) is 16.5 Å². The van der Waals surface area contributed by atoms with E-state index in [9.17, 15) is 9.59 Å². The van der Waals surface area contributed by atoms with Crippen LogP contribution in [0.4, 0.5) is 0 Å². The van der Waals surface area contributed by atoms with Gasteiger partial charge in [-0.2, -0.15) is 0 Å². The topological polar surface area (TPSA) is 72.1 Å². The van der Waals surface area contributed by atoms with Gasteiger partial charge in [-0.05, 0) is 35.8 Å². The summed E-state index contributed by atoms with van der Waals surface area (Å²) in [5.74, 6) is -0.453. The van der Waals surface area contributed by atoms with Crippen molar-refractivity contribution in [2.75, 3.05) is 6.61 Å². The Morgan fingerprint density at radius 3 is 2.79 bits per heavy atom. The van der Waals surface area contributed by atoms with Crippen molar-refractivity contribution < 1.29 is 10.9 Å². The van der Waals surface area contributed by atoms with Crippen molar-refractivity contribution in [2.45, 2.75) is 6.92 Å². The Balaban J connectivity index is 2.19. The highest BCUT2D eigenvalue weighted by atomic mass is 16.5. The van der Waals surface area contributed by atoms with E-state index in [1.54, 1.807) is 25.1 Å². The number of nitrogens with one attached hydrogen (secondary N) is 1. The molecule has 0 spiro atoms. The van der Waals surface area contributed by atoms with Crippen molar-refractivity contribution in [3.8, 4) is 0 Å². The summed E-state index contributed by atoms with van der Waals surface area (Å²) in [4.78, 5) is 28.9. The average Bonchev–Trinajstić information content (AvgIpc) is 2.64. The van der Waals surface area contributed by atoms with Crippen LogP contribution in [0.5, 0.6) is 0 Å². The molecular formula is C19H16N2O3. The number of rotatable bonds is 4. The first-order chi connectivity index (χ1) is 12.1. The average molecular weight is 321 g/mol. The predicted molar refractivity (Wildman–Crippen MR) is 92.5 cm³/mol. The molecule has 5 nitrogen and oxygen atoms in total. The summed E-state index contributed by atoms with van der Waals surface area (Å²) in [7, 11) is 0. The molecule has 0 saturated heterocycles. The van der Waals surface area contributed by atoms with Crippen LogP contribution in [0.1, 0.15) is 18.1 Å². The monoisotopic (exact) mass is 321 g/mol. The molecular weight excluding hydrogens is 304 g/mol. The molecule has 5 heteroatoms. The summed E-state index contributed by atoms with van der Waals surface area (Å²) in [6.07, 6.45) is 2.58. The smallest absolute Gasteiger partial charge is 0.331 e. The number of benzene rings is 2. The highest BCUT2D eigenvalue weighted by molar-refractivity contribution is 5.97. The fraction of sp³-hybridized carbons (Fsp3) is 0.105. The van der Waals surface area contributed by atoms with Crippen molar-refractivity contribution >= 4 is 22.4 Å². The van der Waals surface area contributed by atoms with Crippen molar-refractivity contribution in [1.82, 2.24) is 9.96 Å². The third-order valence-corrected chi connectivity index (χ3v) is 3.54. The highest BCUT2D eigenvalue weighted by Crippen LogP contribution is 2.25. The van der Waals surface area contributed by atoms with E-state index in [-0.39, 0.29) is 6.61 Å². The zero-order chi connectivity index (χ0) is 17.8. The number of hydrogen-bond acceptors (Lipinski definition) is 4. The van der Waals surface area contributed by atoms with Gasteiger partial charge in [-0.25, -0.2) is 9.78 Å². The molecule has 120 valence electrons. The normalized spacial score (nSPS) is 12.0. The van der Waals surface area contributed by atoms with Gasteiger partial charge >= 0.3 is 5.97 Å². The molecule has 0 aliphatic rings. The van der Waals surface area contributed by atoms with Crippen LogP contribution in [-0.4, -0.2) is 22.5 Å². The Bertz CT molecular complexity index is 1010. The first-order valence-corrected chi connectivity index (χ1v) is 7.55. The number of hydrogen-bond donors (Lipinski definition) is 1. The van der Waals surface area contributed by atoms with Crippen LogP contribution >= 0.6 is 0 Å². The van der Waals surface area contributed by atoms with Crippen LogP contribution in [0.2, 0.25) is 1.41 Å². The number of carbonyl (C=O) groups excluding carboxylic acids is 1. The molecule has 0 aliphatic heterocycles. The van der Waals surface area contributed by atoms with Crippen LogP contribution in [0.3, 0.4) is 0 Å². The molecule has 3 aromatic rings. The van der Waals surface area contributed by atoms with Gasteiger partial charge < -0.3 is 9.71 Å². The molecule has 0 aliphatic carbocycles. The summed E-state index contributed by atoms with van der Waals surface area (Å²) in [6, 6.07) is 14.5. The maximum absolute atomic E-state index is 12.2. The standard InChI is InChI=1S/C19H16N2O3/c1-2-24-18(22)11-15(13-6-4-3-5-7-13)14-8-9-17-16(10-14)19(23)21-12-20-17/h3-12H,2H2,1H3,(H,20,21,23)/b15-11-/i/hD. The maximum atomic E-state index is 12.2. The molecule has 2 aromatic carbocycles. The molecule has 1 aromatic heterocycles. The largest absolute Gasteiger partial charge is 0.463 e. The minimum atomic E-state index is -0.463. The Kier molecular flexibility index (Phi) is 4.14. The van der Waals surface area contributed by atoms with Gasteiger partial charge in [0.15, 0.2) is 1.41 Å². The molecule has 0 radical (unpaired) electrons. The van der Waals surface area contributed by atoms with Crippen LogP contribution < -0.4 is 5.56 Å². The van der Waals surface area contributed by atoms with Gasteiger partial charge in [0.05, 0.1) is 23.8 Å². The van der Waals surface area contributed by atoms with Crippen LogP contribution in [0, 0.1) is 0 Å². The van der Waals surface area contributed by atoms with E-state index in [4.69, 9.17) is 6.15 Å². The zero-order valence-electron chi connectivity index (χ0n) is 14.1. The second-order valence-electron chi connectivity index (χ2n) is 5.09. The van der Waals surface area contributed by atoms with Crippen LogP contribution in [-0.2, 0) is 9.53 Å². The lowest BCUT2D eigenvalue weighted by molar-refractivity contribution is -0.137. The summed E-state index contributed by atoms with van der Waals surface area (Å²) < 4.78 is 12.6. The zero-order valence-corrected chi connectivity index (χ0v) is 13.1. The third kappa shape index (κ3) is 3.25. The van der Waals surface area contributed by atoms with Gasteiger partial charge in [0.25, 0.3) is 5.56 Å². The molecule has 24 heavy (non-hydrogen) atoms. The molecule has 0 amide bonds. The van der Waals surface area contributed by atoms with E-state index in [2.05, 4.69) is 4.98 Å². The molecule has 0 fully saturated rings. The minimum absolute atomic E-state index is 0.280. The fourth-order valence-corrected chi connectivity index (χ4v) is 2.45. The number of H-pyrrole nitrogens is 1. The Hall–Kier alpha value is -3.21. The van der Waals surface area contributed by atoms with Crippen molar-refractivity contribution in [3.63, 3.8) is 0 Å². The summed E-state index contributed by atoms with van der Waals surface area (Å²) in [5.41, 5.74) is 2.18. The van der Waals surface area contributed by atoms with Gasteiger partial charge in [0.1, 0.15) is 0 Å². The molecule has 1 heterocycles. The van der Waals surface area contributed by atoms with E-state index in [1.807, 2.05) is 30.3 Å². The summed E-state index contributed by atoms with van der Waals surface area (Å²) in [6.45, 7) is 2.02. The SMILES string of the molecule is [2H]n1cnc2ccc(/C(=C\C(=O)OCC)c3ccccc3)cc2c1=O. The second-order valence-corrected chi connectivity index (χ2v) is 5.09.